The van der Waals surface area contributed by atoms with Crippen molar-refractivity contribution in [1.29, 1.82) is 0 Å². The van der Waals surface area contributed by atoms with E-state index in [0.29, 0.717) is 33.1 Å². The number of esters is 1. The van der Waals surface area contributed by atoms with Crippen LogP contribution in [0.4, 0.5) is 0 Å². The van der Waals surface area contributed by atoms with Crippen LogP contribution in [0.25, 0.3) is 22.3 Å². The van der Waals surface area contributed by atoms with Crippen LogP contribution in [-0.2, 0) is 0 Å². The number of carbonyl (C=O) groups excluding carboxylic acids is 1. The number of hydrogen-bond donors (Lipinski definition) is 0. The molecule has 0 aliphatic heterocycles. The van der Waals surface area contributed by atoms with Crippen LogP contribution in [0.1, 0.15) is 21.5 Å². The molecule has 0 radical (unpaired) electrons. The number of benzene rings is 3. The van der Waals surface area contributed by atoms with Gasteiger partial charge >= 0.3 is 5.97 Å². The van der Waals surface area contributed by atoms with E-state index in [-0.39, 0.29) is 22.1 Å². The minimum absolute atomic E-state index is 0.0595. The highest BCUT2D eigenvalue weighted by molar-refractivity contribution is 6.36. The monoisotopic (exact) mass is 498 g/mol. The molecule has 6 nitrogen and oxygen atoms in total. The Labute approximate surface area is 205 Å². The summed E-state index contributed by atoms with van der Waals surface area (Å²) < 4.78 is 22.5. The maximum absolute atomic E-state index is 13.6. The Kier molecular flexibility index (Phi) is 6.55. The van der Waals surface area contributed by atoms with Crippen molar-refractivity contribution in [3.05, 3.63) is 85.5 Å². The van der Waals surface area contributed by atoms with Gasteiger partial charge in [-0.1, -0.05) is 29.3 Å². The fourth-order valence-corrected chi connectivity index (χ4v) is 4.18. The summed E-state index contributed by atoms with van der Waals surface area (Å²) >= 11 is 12.1. The van der Waals surface area contributed by atoms with Crippen LogP contribution in [-0.4, -0.2) is 20.2 Å². The molecule has 0 amide bonds. The first-order chi connectivity index (χ1) is 16.2. The third kappa shape index (κ3) is 4.34. The van der Waals surface area contributed by atoms with Gasteiger partial charge in [0.2, 0.25) is 11.2 Å². The highest BCUT2D eigenvalue weighted by Gasteiger charge is 2.24. The Bertz CT molecular complexity index is 1490. The van der Waals surface area contributed by atoms with Crippen molar-refractivity contribution in [2.45, 2.75) is 13.8 Å². The number of aryl methyl sites for hydroxylation is 2. The topological polar surface area (TPSA) is 75.0 Å². The molecule has 1 aromatic heterocycles. The van der Waals surface area contributed by atoms with Crippen molar-refractivity contribution in [2.75, 3.05) is 14.2 Å². The fourth-order valence-electron chi connectivity index (χ4n) is 3.70. The second kappa shape index (κ2) is 9.41. The molecule has 0 aliphatic carbocycles. The van der Waals surface area contributed by atoms with Crippen LogP contribution in [0.2, 0.25) is 10.0 Å². The summed E-state index contributed by atoms with van der Waals surface area (Å²) in [6.07, 6.45) is 0. The van der Waals surface area contributed by atoms with Crippen molar-refractivity contribution >= 4 is 40.1 Å². The molecule has 4 rings (SSSR count). The molecule has 0 N–H and O–H groups in total. The van der Waals surface area contributed by atoms with E-state index in [1.54, 1.807) is 24.3 Å². The van der Waals surface area contributed by atoms with Crippen LogP contribution < -0.4 is 19.6 Å². The van der Waals surface area contributed by atoms with Gasteiger partial charge in [0.25, 0.3) is 0 Å². The van der Waals surface area contributed by atoms with E-state index in [1.165, 1.54) is 32.4 Å². The number of methoxy groups -OCH3 is 2. The zero-order valence-corrected chi connectivity index (χ0v) is 20.3. The van der Waals surface area contributed by atoms with Gasteiger partial charge in [-0.25, -0.2) is 4.79 Å². The number of hydrogen-bond acceptors (Lipinski definition) is 6. The first-order valence-corrected chi connectivity index (χ1v) is 11.0. The van der Waals surface area contributed by atoms with Gasteiger partial charge in [-0.15, -0.1) is 0 Å². The normalized spacial score (nSPS) is 10.9. The van der Waals surface area contributed by atoms with Crippen LogP contribution in [0.15, 0.2) is 57.7 Å². The molecule has 8 heteroatoms. The molecule has 4 aromatic rings. The largest absolute Gasteiger partial charge is 0.493 e. The predicted octanol–water partition coefficient (Wildman–Crippen LogP) is 6.62. The maximum atomic E-state index is 13.6. The Morgan fingerprint density at radius 1 is 0.912 bits per heavy atom. The molecule has 34 heavy (non-hydrogen) atoms. The molecule has 0 fully saturated rings. The van der Waals surface area contributed by atoms with E-state index >= 15 is 0 Å². The van der Waals surface area contributed by atoms with Crippen LogP contribution in [0, 0.1) is 13.8 Å². The summed E-state index contributed by atoms with van der Waals surface area (Å²) in [5.41, 5.74) is 2.06. The molecule has 0 atom stereocenters. The number of fused-ring (bicyclic) bond motifs is 1. The molecule has 0 aliphatic rings. The first-order valence-electron chi connectivity index (χ1n) is 10.2. The van der Waals surface area contributed by atoms with Gasteiger partial charge < -0.3 is 18.6 Å². The Morgan fingerprint density at radius 3 is 2.32 bits per heavy atom. The van der Waals surface area contributed by atoms with Gasteiger partial charge in [0.15, 0.2) is 17.3 Å². The summed E-state index contributed by atoms with van der Waals surface area (Å²) in [6.45, 7) is 3.71. The van der Waals surface area contributed by atoms with E-state index in [0.717, 1.165) is 11.1 Å². The Morgan fingerprint density at radius 2 is 1.65 bits per heavy atom. The lowest BCUT2D eigenvalue weighted by atomic mass is 10.0. The van der Waals surface area contributed by atoms with Gasteiger partial charge in [0, 0.05) is 10.6 Å². The number of halogens is 2. The zero-order chi connectivity index (χ0) is 24.6. The SMILES string of the molecule is COc1ccc(-c2oc3c(C)cc(C)cc3c(=O)c2OC(=O)c2ccc(Cl)cc2Cl)cc1OC. The first kappa shape index (κ1) is 23.7. The van der Waals surface area contributed by atoms with E-state index in [1.807, 2.05) is 19.9 Å². The van der Waals surface area contributed by atoms with Gasteiger partial charge in [-0.05, 0) is 67.4 Å². The molecular formula is C26H20Cl2O6. The van der Waals surface area contributed by atoms with Crippen molar-refractivity contribution < 1.29 is 23.4 Å². The van der Waals surface area contributed by atoms with Crippen molar-refractivity contribution in [2.24, 2.45) is 0 Å². The average molecular weight is 499 g/mol. The van der Waals surface area contributed by atoms with Crippen molar-refractivity contribution in [1.82, 2.24) is 0 Å². The van der Waals surface area contributed by atoms with Gasteiger partial charge in [0.1, 0.15) is 5.58 Å². The van der Waals surface area contributed by atoms with Gasteiger partial charge in [-0.2, -0.15) is 0 Å². The molecule has 0 spiro atoms. The molecular weight excluding hydrogens is 479 g/mol. The highest BCUT2D eigenvalue weighted by atomic mass is 35.5. The van der Waals surface area contributed by atoms with Crippen LogP contribution in [0.3, 0.4) is 0 Å². The minimum atomic E-state index is -0.820. The predicted molar refractivity (Wildman–Crippen MR) is 132 cm³/mol. The molecule has 1 heterocycles. The molecule has 0 bridgehead atoms. The third-order valence-electron chi connectivity index (χ3n) is 5.27. The maximum Gasteiger partial charge on any atom is 0.345 e. The van der Waals surface area contributed by atoms with E-state index in [4.69, 9.17) is 41.8 Å². The van der Waals surface area contributed by atoms with Crippen LogP contribution in [0.5, 0.6) is 17.2 Å². The molecule has 174 valence electrons. The second-order valence-corrected chi connectivity index (χ2v) is 8.48. The Balaban J connectivity index is 1.96. The number of rotatable bonds is 5. The summed E-state index contributed by atoms with van der Waals surface area (Å²) in [4.78, 5) is 26.6. The lowest BCUT2D eigenvalue weighted by Gasteiger charge is -2.14. The van der Waals surface area contributed by atoms with Gasteiger partial charge in [0.05, 0.1) is 30.2 Å². The summed E-state index contributed by atoms with van der Waals surface area (Å²) in [7, 11) is 3.01. The summed E-state index contributed by atoms with van der Waals surface area (Å²) in [5, 5.41) is 0.762. The zero-order valence-electron chi connectivity index (χ0n) is 18.8. The van der Waals surface area contributed by atoms with Gasteiger partial charge in [-0.3, -0.25) is 4.79 Å². The summed E-state index contributed by atoms with van der Waals surface area (Å²) in [5.74, 6) is -0.0990. The van der Waals surface area contributed by atoms with E-state index in [9.17, 15) is 9.59 Å². The quantitative estimate of drug-likeness (QED) is 0.288. The second-order valence-electron chi connectivity index (χ2n) is 7.63. The highest BCUT2D eigenvalue weighted by Crippen LogP contribution is 2.38. The molecule has 3 aromatic carbocycles. The molecule has 0 saturated heterocycles. The smallest absolute Gasteiger partial charge is 0.345 e. The lowest BCUT2D eigenvalue weighted by molar-refractivity contribution is 0.0731. The minimum Gasteiger partial charge on any atom is -0.493 e. The lowest BCUT2D eigenvalue weighted by Crippen LogP contribution is -2.17. The van der Waals surface area contributed by atoms with Crippen LogP contribution >= 0.6 is 23.2 Å². The number of ether oxygens (including phenoxy) is 3. The fraction of sp³-hybridized carbons (Fsp3) is 0.154. The van der Waals surface area contributed by atoms with Crippen molar-refractivity contribution in [3.8, 4) is 28.6 Å². The van der Waals surface area contributed by atoms with E-state index < -0.39 is 11.4 Å². The summed E-state index contributed by atoms with van der Waals surface area (Å²) in [6, 6.07) is 12.9. The average Bonchev–Trinajstić information content (AvgIpc) is 2.80. The standard InChI is InChI=1S/C26H20Cl2O6/c1-13-9-14(2)23-18(10-13)22(29)25(34-26(30)17-7-6-16(27)12-19(17)28)24(33-23)15-5-8-20(31-3)21(11-15)32-4/h5-12H,1-4H3. The number of carbonyl (C=O) groups is 1. The Hall–Kier alpha value is -3.48. The van der Waals surface area contributed by atoms with Crippen molar-refractivity contribution in [3.63, 3.8) is 0 Å². The molecule has 0 unspecified atom stereocenters. The molecule has 0 saturated carbocycles. The van der Waals surface area contributed by atoms with E-state index in [2.05, 4.69) is 0 Å². The third-order valence-corrected chi connectivity index (χ3v) is 5.82.